The lowest BCUT2D eigenvalue weighted by atomic mass is 10.2. The van der Waals surface area contributed by atoms with E-state index in [1.807, 2.05) is 13.8 Å². The van der Waals surface area contributed by atoms with Gasteiger partial charge < -0.3 is 0 Å². The molecule has 1 heterocycles. The number of carbonyl (C=O) groups excluding carboxylic acids is 1. The smallest absolute Gasteiger partial charge is 0.257 e. The van der Waals surface area contributed by atoms with Gasteiger partial charge in [-0.15, -0.1) is 11.3 Å². The van der Waals surface area contributed by atoms with E-state index in [0.717, 1.165) is 16.8 Å². The minimum Gasteiger partial charge on any atom is -0.298 e. The molecular formula is C13H14ClN3O3S2. The second-order valence-corrected chi connectivity index (χ2v) is 8.04. The number of rotatable bonds is 4. The topological polar surface area (TPSA) is 88.2 Å². The van der Waals surface area contributed by atoms with Crippen LogP contribution in [-0.4, -0.2) is 25.6 Å². The highest BCUT2D eigenvalue weighted by Gasteiger charge is 2.13. The van der Waals surface area contributed by atoms with Gasteiger partial charge in [-0.1, -0.05) is 11.6 Å². The Hall–Kier alpha value is -1.64. The lowest BCUT2D eigenvalue weighted by Gasteiger charge is -2.08. The van der Waals surface area contributed by atoms with Crippen LogP contribution in [0.1, 0.15) is 20.9 Å². The fraction of sp³-hybridized carbons (Fsp3) is 0.231. The van der Waals surface area contributed by atoms with Gasteiger partial charge in [-0.2, -0.15) is 0 Å². The van der Waals surface area contributed by atoms with Gasteiger partial charge in [-0.25, -0.2) is 13.4 Å². The van der Waals surface area contributed by atoms with Crippen molar-refractivity contribution in [2.45, 2.75) is 13.8 Å². The molecule has 0 saturated carbocycles. The van der Waals surface area contributed by atoms with E-state index < -0.39 is 10.0 Å². The first-order valence-electron chi connectivity index (χ1n) is 6.18. The molecule has 0 atom stereocenters. The molecule has 0 spiro atoms. The Kier molecular flexibility index (Phi) is 4.74. The number of hydrogen-bond acceptors (Lipinski definition) is 5. The molecular weight excluding hydrogens is 346 g/mol. The minimum atomic E-state index is -3.48. The van der Waals surface area contributed by atoms with Gasteiger partial charge in [-0.3, -0.25) is 14.8 Å². The zero-order valence-electron chi connectivity index (χ0n) is 12.1. The van der Waals surface area contributed by atoms with E-state index in [9.17, 15) is 13.2 Å². The lowest BCUT2D eigenvalue weighted by molar-refractivity contribution is 0.102. The standard InChI is InChI=1S/C13H14ClN3O3S2/c1-7-8(2)21-13(15-7)16-12(18)9-4-5-10(14)11(6-9)17-22(3,19)20/h4-6,17H,1-3H3,(H,15,16,18). The van der Waals surface area contributed by atoms with E-state index in [0.29, 0.717) is 5.13 Å². The first kappa shape index (κ1) is 16.7. The quantitative estimate of drug-likeness (QED) is 0.878. The number of nitrogens with zero attached hydrogens (tertiary/aromatic N) is 1. The molecule has 22 heavy (non-hydrogen) atoms. The van der Waals surface area contributed by atoms with E-state index in [1.54, 1.807) is 0 Å². The van der Waals surface area contributed by atoms with Crippen molar-refractivity contribution in [1.82, 2.24) is 4.98 Å². The molecule has 1 aromatic heterocycles. The molecule has 2 N–H and O–H groups in total. The van der Waals surface area contributed by atoms with E-state index in [4.69, 9.17) is 11.6 Å². The van der Waals surface area contributed by atoms with Crippen molar-refractivity contribution in [3.8, 4) is 0 Å². The van der Waals surface area contributed by atoms with Gasteiger partial charge in [-0.05, 0) is 32.0 Å². The predicted molar refractivity (Wildman–Crippen MR) is 89.5 cm³/mol. The zero-order chi connectivity index (χ0) is 16.5. The molecule has 118 valence electrons. The van der Waals surface area contributed by atoms with Crippen LogP contribution >= 0.6 is 22.9 Å². The van der Waals surface area contributed by atoms with Crippen LogP contribution in [0.2, 0.25) is 5.02 Å². The number of aryl methyl sites for hydroxylation is 2. The van der Waals surface area contributed by atoms with Crippen molar-refractivity contribution >= 4 is 49.7 Å². The Balaban J connectivity index is 2.24. The maximum Gasteiger partial charge on any atom is 0.257 e. The molecule has 0 bridgehead atoms. The first-order chi connectivity index (χ1) is 10.2. The van der Waals surface area contributed by atoms with Gasteiger partial charge in [0.2, 0.25) is 10.0 Å². The monoisotopic (exact) mass is 359 g/mol. The fourth-order valence-corrected chi connectivity index (χ4v) is 3.24. The lowest BCUT2D eigenvalue weighted by Crippen LogP contribution is -2.14. The summed E-state index contributed by atoms with van der Waals surface area (Å²) in [6.45, 7) is 3.77. The number of halogens is 1. The van der Waals surface area contributed by atoms with E-state index in [2.05, 4.69) is 15.0 Å². The summed E-state index contributed by atoms with van der Waals surface area (Å²) in [5.74, 6) is -0.387. The van der Waals surface area contributed by atoms with Crippen molar-refractivity contribution in [3.05, 3.63) is 39.4 Å². The highest BCUT2D eigenvalue weighted by Crippen LogP contribution is 2.25. The maximum absolute atomic E-state index is 12.2. The zero-order valence-corrected chi connectivity index (χ0v) is 14.5. The Morgan fingerprint density at radius 3 is 2.55 bits per heavy atom. The van der Waals surface area contributed by atoms with Crippen LogP contribution in [-0.2, 0) is 10.0 Å². The molecule has 0 fully saturated rings. The number of amides is 1. The summed E-state index contributed by atoms with van der Waals surface area (Å²) in [6, 6.07) is 4.35. The van der Waals surface area contributed by atoms with Crippen molar-refractivity contribution in [2.24, 2.45) is 0 Å². The van der Waals surface area contributed by atoms with Gasteiger partial charge in [0.05, 0.1) is 22.7 Å². The summed E-state index contributed by atoms with van der Waals surface area (Å²) < 4.78 is 24.8. The third-order valence-corrected chi connectivity index (χ3v) is 4.68. The van der Waals surface area contributed by atoms with Crippen LogP contribution in [0.15, 0.2) is 18.2 Å². The summed E-state index contributed by atoms with van der Waals surface area (Å²) in [5, 5.41) is 3.38. The number of nitrogens with one attached hydrogen (secondary N) is 2. The molecule has 0 saturated heterocycles. The van der Waals surface area contributed by atoms with Crippen molar-refractivity contribution in [1.29, 1.82) is 0 Å². The molecule has 0 radical (unpaired) electrons. The summed E-state index contributed by atoms with van der Waals surface area (Å²) in [6.07, 6.45) is 1.01. The van der Waals surface area contributed by atoms with E-state index in [1.165, 1.54) is 29.5 Å². The highest BCUT2D eigenvalue weighted by molar-refractivity contribution is 7.92. The van der Waals surface area contributed by atoms with Crippen LogP contribution in [0.25, 0.3) is 0 Å². The van der Waals surface area contributed by atoms with E-state index in [-0.39, 0.29) is 22.2 Å². The highest BCUT2D eigenvalue weighted by atomic mass is 35.5. The SMILES string of the molecule is Cc1nc(NC(=O)c2ccc(Cl)c(NS(C)(=O)=O)c2)sc1C. The molecule has 9 heteroatoms. The number of anilines is 2. The molecule has 0 aliphatic heterocycles. The molecule has 2 aromatic rings. The summed E-state index contributed by atoms with van der Waals surface area (Å²) in [5.41, 5.74) is 1.29. The molecule has 2 rings (SSSR count). The molecule has 1 amide bonds. The van der Waals surface area contributed by atoms with Gasteiger partial charge in [0.1, 0.15) is 0 Å². The number of thiazole rings is 1. The number of benzene rings is 1. The summed E-state index contributed by atoms with van der Waals surface area (Å²) in [7, 11) is -3.48. The summed E-state index contributed by atoms with van der Waals surface area (Å²) >= 11 is 7.30. The Morgan fingerprint density at radius 2 is 2.00 bits per heavy atom. The number of hydrogen-bond donors (Lipinski definition) is 2. The maximum atomic E-state index is 12.2. The van der Waals surface area contributed by atoms with E-state index >= 15 is 0 Å². The third-order valence-electron chi connectivity index (χ3n) is 2.77. The van der Waals surface area contributed by atoms with Gasteiger partial charge >= 0.3 is 0 Å². The second kappa shape index (κ2) is 6.23. The summed E-state index contributed by atoms with van der Waals surface area (Å²) in [4.78, 5) is 17.4. The Morgan fingerprint density at radius 1 is 1.32 bits per heavy atom. The predicted octanol–water partition coefficient (Wildman–Crippen LogP) is 3.04. The third kappa shape index (κ3) is 4.19. The second-order valence-electron chi connectivity index (χ2n) is 4.68. The van der Waals surface area contributed by atoms with Crippen molar-refractivity contribution in [2.75, 3.05) is 16.3 Å². The molecule has 0 unspecified atom stereocenters. The van der Waals surface area contributed by atoms with Crippen LogP contribution < -0.4 is 10.0 Å². The first-order valence-corrected chi connectivity index (χ1v) is 9.27. The van der Waals surface area contributed by atoms with Gasteiger partial charge in [0.15, 0.2) is 5.13 Å². The normalized spacial score (nSPS) is 11.3. The van der Waals surface area contributed by atoms with Crippen molar-refractivity contribution < 1.29 is 13.2 Å². The van der Waals surface area contributed by atoms with Crippen LogP contribution in [0.5, 0.6) is 0 Å². The molecule has 0 aliphatic carbocycles. The fourth-order valence-electron chi connectivity index (χ4n) is 1.64. The largest absolute Gasteiger partial charge is 0.298 e. The average molecular weight is 360 g/mol. The van der Waals surface area contributed by atoms with Crippen molar-refractivity contribution in [3.63, 3.8) is 0 Å². The molecule has 1 aromatic carbocycles. The van der Waals surface area contributed by atoms with Gasteiger partial charge in [0, 0.05) is 10.4 Å². The van der Waals surface area contributed by atoms with Crippen LogP contribution in [0.4, 0.5) is 10.8 Å². The minimum absolute atomic E-state index is 0.156. The Labute approximate surface area is 137 Å². The molecule has 6 nitrogen and oxygen atoms in total. The van der Waals surface area contributed by atoms with Crippen LogP contribution in [0.3, 0.4) is 0 Å². The number of aromatic nitrogens is 1. The number of carbonyl (C=O) groups is 1. The Bertz CT molecular complexity index is 812. The number of sulfonamides is 1. The van der Waals surface area contributed by atoms with Crippen LogP contribution in [0, 0.1) is 13.8 Å². The van der Waals surface area contributed by atoms with Gasteiger partial charge in [0.25, 0.3) is 5.91 Å². The molecule has 0 aliphatic rings. The average Bonchev–Trinajstić information content (AvgIpc) is 2.69.